The Hall–Kier alpha value is -3.98. The number of rotatable bonds is 9. The van der Waals surface area contributed by atoms with Gasteiger partial charge in [-0.05, 0) is 47.9 Å². The number of thiophene rings is 1. The summed E-state index contributed by atoms with van der Waals surface area (Å²) in [6.07, 6.45) is 2.80. The number of benzene rings is 2. The Labute approximate surface area is 207 Å². The van der Waals surface area contributed by atoms with Crippen LogP contribution in [0.1, 0.15) is 10.4 Å². The van der Waals surface area contributed by atoms with Gasteiger partial charge in [-0.3, -0.25) is 4.79 Å². The van der Waals surface area contributed by atoms with Gasteiger partial charge in [-0.15, -0.1) is 11.3 Å². The zero-order chi connectivity index (χ0) is 24.6. The molecule has 1 aliphatic rings. The number of esters is 1. The highest BCUT2D eigenvalue weighted by Crippen LogP contribution is 2.35. The maximum absolute atomic E-state index is 13.1. The number of hydrogen-bond donors (Lipinski definition) is 0. The summed E-state index contributed by atoms with van der Waals surface area (Å²) in [7, 11) is 3.09. The van der Waals surface area contributed by atoms with Crippen molar-refractivity contribution in [2.45, 2.75) is 6.54 Å². The molecule has 0 aliphatic carbocycles. The van der Waals surface area contributed by atoms with Gasteiger partial charge in [0.2, 0.25) is 0 Å². The Morgan fingerprint density at radius 1 is 1.03 bits per heavy atom. The summed E-state index contributed by atoms with van der Waals surface area (Å²) in [4.78, 5) is 28.0. The number of ether oxygens (including phenoxy) is 5. The van der Waals surface area contributed by atoms with Crippen molar-refractivity contribution in [3.8, 4) is 23.0 Å². The largest absolute Gasteiger partial charge is 0.497 e. The van der Waals surface area contributed by atoms with Crippen LogP contribution < -0.4 is 23.8 Å². The van der Waals surface area contributed by atoms with E-state index >= 15 is 0 Å². The number of fused-ring (bicyclic) bond motifs is 1. The standard InChI is InChI=1S/C26H25NO7S/c1-30-20-7-9-22(31-2)18(14-20)5-10-26(29)34-17-25(28)27(16-21-4-3-13-35-21)19-6-8-23-24(15-19)33-12-11-32-23/h3-10,13-15H,11-12,16-17H2,1-2H3/b10-5+. The molecule has 0 N–H and O–H groups in total. The Morgan fingerprint density at radius 3 is 2.60 bits per heavy atom. The molecule has 3 aromatic rings. The molecule has 0 fully saturated rings. The molecule has 0 bridgehead atoms. The van der Waals surface area contributed by atoms with Crippen LogP contribution in [0.3, 0.4) is 0 Å². The molecule has 1 amide bonds. The van der Waals surface area contributed by atoms with E-state index in [-0.39, 0.29) is 5.91 Å². The fraction of sp³-hybridized carbons (Fsp3) is 0.231. The van der Waals surface area contributed by atoms with E-state index in [9.17, 15) is 9.59 Å². The van der Waals surface area contributed by atoms with E-state index < -0.39 is 12.6 Å². The molecule has 0 spiro atoms. The van der Waals surface area contributed by atoms with E-state index in [1.165, 1.54) is 24.5 Å². The molecule has 1 aliphatic heterocycles. The highest BCUT2D eigenvalue weighted by Gasteiger charge is 2.21. The van der Waals surface area contributed by atoms with Gasteiger partial charge in [0.1, 0.15) is 24.7 Å². The van der Waals surface area contributed by atoms with Crippen molar-refractivity contribution in [1.82, 2.24) is 0 Å². The van der Waals surface area contributed by atoms with Gasteiger partial charge in [-0.2, -0.15) is 0 Å². The smallest absolute Gasteiger partial charge is 0.331 e. The summed E-state index contributed by atoms with van der Waals surface area (Å²) in [5.41, 5.74) is 1.27. The lowest BCUT2D eigenvalue weighted by Gasteiger charge is -2.25. The summed E-state index contributed by atoms with van der Waals surface area (Å²) in [6.45, 7) is 0.843. The minimum Gasteiger partial charge on any atom is -0.497 e. The highest BCUT2D eigenvalue weighted by atomic mass is 32.1. The molecular formula is C26H25NO7S. The van der Waals surface area contributed by atoms with Crippen LogP contribution in [0.25, 0.3) is 6.08 Å². The normalized spacial score (nSPS) is 12.3. The fourth-order valence-corrected chi connectivity index (χ4v) is 4.16. The van der Waals surface area contributed by atoms with Crippen molar-refractivity contribution >= 4 is 35.0 Å². The third-order valence-corrected chi connectivity index (χ3v) is 6.07. The van der Waals surface area contributed by atoms with E-state index in [2.05, 4.69) is 0 Å². The second-order valence-corrected chi connectivity index (χ2v) is 8.47. The van der Waals surface area contributed by atoms with Gasteiger partial charge < -0.3 is 28.6 Å². The quantitative estimate of drug-likeness (QED) is 0.323. The second kappa shape index (κ2) is 11.4. The SMILES string of the molecule is COc1ccc(OC)c(/C=C/C(=O)OCC(=O)N(Cc2cccs2)c2ccc3c(c2)OCCO3)c1. The van der Waals surface area contributed by atoms with Gasteiger partial charge >= 0.3 is 5.97 Å². The first kappa shape index (κ1) is 24.2. The number of methoxy groups -OCH3 is 2. The van der Waals surface area contributed by atoms with Crippen LogP contribution >= 0.6 is 11.3 Å². The van der Waals surface area contributed by atoms with Gasteiger partial charge in [0, 0.05) is 28.3 Å². The molecule has 0 saturated heterocycles. The van der Waals surface area contributed by atoms with Crippen LogP contribution in [0.2, 0.25) is 0 Å². The van der Waals surface area contributed by atoms with Crippen molar-refractivity contribution in [3.05, 3.63) is 70.4 Å². The summed E-state index contributed by atoms with van der Waals surface area (Å²) in [5, 5.41) is 1.94. The average molecular weight is 496 g/mol. The van der Waals surface area contributed by atoms with Gasteiger partial charge in [0.15, 0.2) is 18.1 Å². The first-order chi connectivity index (χ1) is 17.1. The van der Waals surface area contributed by atoms with E-state index in [1.54, 1.807) is 54.5 Å². The number of nitrogens with zero attached hydrogens (tertiary/aromatic N) is 1. The molecular weight excluding hydrogens is 470 g/mol. The molecule has 0 atom stereocenters. The van der Waals surface area contributed by atoms with E-state index in [0.717, 1.165) is 4.88 Å². The molecule has 1 aromatic heterocycles. The van der Waals surface area contributed by atoms with E-state index in [4.69, 9.17) is 23.7 Å². The molecule has 8 nitrogen and oxygen atoms in total. The Morgan fingerprint density at radius 2 is 1.86 bits per heavy atom. The van der Waals surface area contributed by atoms with Crippen LogP contribution in [0, 0.1) is 0 Å². The van der Waals surface area contributed by atoms with Gasteiger partial charge in [0.05, 0.1) is 20.8 Å². The number of carbonyl (C=O) groups excluding carboxylic acids is 2. The summed E-state index contributed by atoms with van der Waals surface area (Å²) < 4.78 is 27.0. The molecule has 2 aromatic carbocycles. The maximum Gasteiger partial charge on any atom is 0.331 e. The first-order valence-electron chi connectivity index (χ1n) is 10.9. The minimum absolute atomic E-state index is 0.338. The zero-order valence-electron chi connectivity index (χ0n) is 19.4. The average Bonchev–Trinajstić information content (AvgIpc) is 3.42. The highest BCUT2D eigenvalue weighted by molar-refractivity contribution is 7.09. The zero-order valence-corrected chi connectivity index (χ0v) is 20.2. The van der Waals surface area contributed by atoms with Crippen molar-refractivity contribution in [3.63, 3.8) is 0 Å². The fourth-order valence-electron chi connectivity index (χ4n) is 3.47. The lowest BCUT2D eigenvalue weighted by molar-refractivity contribution is -0.142. The number of carbonyl (C=O) groups is 2. The predicted molar refractivity (Wildman–Crippen MR) is 132 cm³/mol. The predicted octanol–water partition coefficient (Wildman–Crippen LogP) is 4.33. The Kier molecular flexibility index (Phi) is 7.89. The van der Waals surface area contributed by atoms with Crippen molar-refractivity contribution < 1.29 is 33.3 Å². The summed E-state index contributed by atoms with van der Waals surface area (Å²) in [6, 6.07) is 14.4. The van der Waals surface area contributed by atoms with Crippen LogP contribution in [0.15, 0.2) is 60.0 Å². The number of anilines is 1. The maximum atomic E-state index is 13.1. The third kappa shape index (κ3) is 6.13. The lowest BCUT2D eigenvalue weighted by atomic mass is 10.1. The molecule has 0 saturated carbocycles. The summed E-state index contributed by atoms with van der Waals surface area (Å²) in [5.74, 6) is 1.39. The van der Waals surface area contributed by atoms with Crippen molar-refractivity contribution in [2.24, 2.45) is 0 Å². The summed E-state index contributed by atoms with van der Waals surface area (Å²) >= 11 is 1.54. The molecule has 182 valence electrons. The van der Waals surface area contributed by atoms with Crippen LogP contribution in [0.4, 0.5) is 5.69 Å². The van der Waals surface area contributed by atoms with Crippen LogP contribution in [-0.2, 0) is 20.9 Å². The molecule has 9 heteroatoms. The monoisotopic (exact) mass is 495 g/mol. The van der Waals surface area contributed by atoms with E-state index in [1.807, 2.05) is 17.5 Å². The van der Waals surface area contributed by atoms with Gasteiger partial charge in [-0.1, -0.05) is 6.07 Å². The van der Waals surface area contributed by atoms with Gasteiger partial charge in [-0.25, -0.2) is 4.79 Å². The topological polar surface area (TPSA) is 83.5 Å². The van der Waals surface area contributed by atoms with Crippen molar-refractivity contribution in [2.75, 3.05) is 38.9 Å². The second-order valence-electron chi connectivity index (χ2n) is 7.44. The molecule has 2 heterocycles. The molecule has 0 radical (unpaired) electrons. The lowest BCUT2D eigenvalue weighted by Crippen LogP contribution is -2.34. The van der Waals surface area contributed by atoms with Crippen LogP contribution in [-0.4, -0.2) is 45.9 Å². The number of amides is 1. The first-order valence-corrected chi connectivity index (χ1v) is 11.7. The van der Waals surface area contributed by atoms with Crippen LogP contribution in [0.5, 0.6) is 23.0 Å². The minimum atomic E-state index is -0.651. The molecule has 0 unspecified atom stereocenters. The van der Waals surface area contributed by atoms with E-state index in [0.29, 0.717) is 54.0 Å². The Bertz CT molecular complexity index is 1210. The number of hydrogen-bond acceptors (Lipinski definition) is 8. The Balaban J connectivity index is 1.45. The van der Waals surface area contributed by atoms with Gasteiger partial charge in [0.25, 0.3) is 5.91 Å². The van der Waals surface area contributed by atoms with Crippen molar-refractivity contribution in [1.29, 1.82) is 0 Å². The molecule has 4 rings (SSSR count). The third-order valence-electron chi connectivity index (χ3n) is 5.21. The molecule has 35 heavy (non-hydrogen) atoms.